The highest BCUT2D eigenvalue weighted by atomic mass is 127. The molecule has 0 fully saturated rings. The van der Waals surface area contributed by atoms with Gasteiger partial charge < -0.3 is 15.4 Å². The molecule has 25 heavy (non-hydrogen) atoms. The van der Waals surface area contributed by atoms with Gasteiger partial charge in [-0.2, -0.15) is 0 Å². The Labute approximate surface area is 165 Å². The van der Waals surface area contributed by atoms with Crippen LogP contribution in [0.5, 0.6) is 5.75 Å². The van der Waals surface area contributed by atoms with Crippen molar-refractivity contribution in [2.75, 3.05) is 13.7 Å². The number of ether oxygens (including phenoxy) is 1. The van der Waals surface area contributed by atoms with Crippen LogP contribution < -0.4 is 15.4 Å². The lowest BCUT2D eigenvalue weighted by Crippen LogP contribution is -2.36. The third-order valence-corrected chi connectivity index (χ3v) is 3.62. The van der Waals surface area contributed by atoms with Crippen molar-refractivity contribution >= 4 is 29.9 Å². The Morgan fingerprint density at radius 2 is 1.76 bits per heavy atom. The molecule has 0 aliphatic rings. The minimum absolute atomic E-state index is 0. The summed E-state index contributed by atoms with van der Waals surface area (Å²) < 4.78 is 18.7. The standard InChI is InChI=1S/C19H24FN3O.HI/c1-4-21-19(22-12-15-7-9-17(24-3)10-8-15)23-13-16-6-5-14(2)18(20)11-16;/h5-11H,4,12-13H2,1-3H3,(H2,21,22,23);1H. The summed E-state index contributed by atoms with van der Waals surface area (Å²) >= 11 is 0. The zero-order chi connectivity index (χ0) is 17.4. The predicted octanol–water partition coefficient (Wildman–Crippen LogP) is 4.02. The van der Waals surface area contributed by atoms with Crippen LogP contribution in [0.15, 0.2) is 47.5 Å². The van der Waals surface area contributed by atoms with Gasteiger partial charge in [0.2, 0.25) is 0 Å². The molecule has 0 radical (unpaired) electrons. The van der Waals surface area contributed by atoms with Gasteiger partial charge in [-0.3, -0.25) is 0 Å². The molecule has 4 nitrogen and oxygen atoms in total. The van der Waals surface area contributed by atoms with Crippen molar-refractivity contribution < 1.29 is 9.13 Å². The molecule has 0 aromatic heterocycles. The van der Waals surface area contributed by atoms with E-state index in [-0.39, 0.29) is 29.8 Å². The van der Waals surface area contributed by atoms with E-state index in [1.165, 1.54) is 6.07 Å². The number of benzene rings is 2. The molecule has 0 unspecified atom stereocenters. The number of nitrogens with one attached hydrogen (secondary N) is 2. The van der Waals surface area contributed by atoms with E-state index in [1.54, 1.807) is 20.1 Å². The average Bonchev–Trinajstić information content (AvgIpc) is 2.60. The molecule has 0 bridgehead atoms. The van der Waals surface area contributed by atoms with Crippen LogP contribution in [0, 0.1) is 12.7 Å². The number of nitrogens with zero attached hydrogens (tertiary/aromatic N) is 1. The van der Waals surface area contributed by atoms with Crippen molar-refractivity contribution in [1.29, 1.82) is 0 Å². The number of hydrogen-bond acceptors (Lipinski definition) is 2. The first-order valence-electron chi connectivity index (χ1n) is 8.02. The van der Waals surface area contributed by atoms with Crippen LogP contribution in [0.1, 0.15) is 23.6 Å². The molecule has 0 aliphatic carbocycles. The fourth-order valence-electron chi connectivity index (χ4n) is 2.18. The second kappa shape index (κ2) is 10.9. The van der Waals surface area contributed by atoms with Gasteiger partial charge in [-0.05, 0) is 48.7 Å². The van der Waals surface area contributed by atoms with Gasteiger partial charge in [0.05, 0.1) is 13.7 Å². The summed E-state index contributed by atoms with van der Waals surface area (Å²) in [5.41, 5.74) is 2.62. The van der Waals surface area contributed by atoms with Crippen molar-refractivity contribution in [1.82, 2.24) is 10.6 Å². The summed E-state index contributed by atoms with van der Waals surface area (Å²) in [4.78, 5) is 4.51. The molecular formula is C19H25FIN3O. The molecule has 2 aromatic carbocycles. The van der Waals surface area contributed by atoms with Crippen LogP contribution in [0.25, 0.3) is 0 Å². The number of aliphatic imine (C=N–C) groups is 1. The first-order valence-corrected chi connectivity index (χ1v) is 8.02. The summed E-state index contributed by atoms with van der Waals surface area (Å²) in [6.07, 6.45) is 0. The maximum Gasteiger partial charge on any atom is 0.191 e. The van der Waals surface area contributed by atoms with Gasteiger partial charge >= 0.3 is 0 Å². The molecule has 6 heteroatoms. The van der Waals surface area contributed by atoms with Gasteiger partial charge in [-0.1, -0.05) is 24.3 Å². The van der Waals surface area contributed by atoms with Gasteiger partial charge in [-0.15, -0.1) is 24.0 Å². The van der Waals surface area contributed by atoms with Crippen molar-refractivity contribution in [2.24, 2.45) is 4.99 Å². The second-order valence-corrected chi connectivity index (χ2v) is 5.48. The van der Waals surface area contributed by atoms with Gasteiger partial charge in [0.15, 0.2) is 5.96 Å². The summed E-state index contributed by atoms with van der Waals surface area (Å²) in [5, 5.41) is 6.47. The molecular weight excluding hydrogens is 432 g/mol. The van der Waals surface area contributed by atoms with E-state index < -0.39 is 0 Å². The van der Waals surface area contributed by atoms with Crippen LogP contribution in [-0.4, -0.2) is 19.6 Å². The molecule has 2 rings (SSSR count). The Morgan fingerprint density at radius 1 is 1.08 bits per heavy atom. The molecule has 0 aliphatic heterocycles. The quantitative estimate of drug-likeness (QED) is 0.392. The van der Waals surface area contributed by atoms with E-state index in [2.05, 4.69) is 15.6 Å². The maximum absolute atomic E-state index is 13.6. The topological polar surface area (TPSA) is 45.7 Å². The zero-order valence-electron chi connectivity index (χ0n) is 14.8. The van der Waals surface area contributed by atoms with Crippen LogP contribution in [-0.2, 0) is 13.1 Å². The van der Waals surface area contributed by atoms with Gasteiger partial charge in [0.1, 0.15) is 11.6 Å². The average molecular weight is 457 g/mol. The summed E-state index contributed by atoms with van der Waals surface area (Å²) in [6, 6.07) is 13.1. The molecule has 0 amide bonds. The number of methoxy groups -OCH3 is 1. The zero-order valence-corrected chi connectivity index (χ0v) is 17.1. The van der Waals surface area contributed by atoms with Crippen molar-refractivity contribution in [3.05, 3.63) is 65.0 Å². The lowest BCUT2D eigenvalue weighted by Gasteiger charge is -2.12. The normalized spacial score (nSPS) is 10.8. The summed E-state index contributed by atoms with van der Waals surface area (Å²) in [6.45, 7) is 5.60. The fraction of sp³-hybridized carbons (Fsp3) is 0.316. The highest BCUT2D eigenvalue weighted by Crippen LogP contribution is 2.11. The highest BCUT2D eigenvalue weighted by molar-refractivity contribution is 14.0. The van der Waals surface area contributed by atoms with Crippen LogP contribution in [0.2, 0.25) is 0 Å². The first-order chi connectivity index (χ1) is 11.6. The number of rotatable bonds is 6. The van der Waals surface area contributed by atoms with E-state index in [4.69, 9.17) is 4.74 Å². The molecule has 136 valence electrons. The van der Waals surface area contributed by atoms with E-state index in [1.807, 2.05) is 37.3 Å². The van der Waals surface area contributed by atoms with Gasteiger partial charge in [0.25, 0.3) is 0 Å². The molecule has 0 saturated heterocycles. The molecule has 0 saturated carbocycles. The Kier molecular flexibility index (Phi) is 9.26. The van der Waals surface area contributed by atoms with Crippen molar-refractivity contribution in [3.63, 3.8) is 0 Å². The van der Waals surface area contributed by atoms with Crippen molar-refractivity contribution in [3.8, 4) is 5.75 Å². The minimum Gasteiger partial charge on any atom is -0.497 e. The molecule has 2 N–H and O–H groups in total. The monoisotopic (exact) mass is 457 g/mol. The Balaban J connectivity index is 0.00000312. The van der Waals surface area contributed by atoms with Crippen molar-refractivity contribution in [2.45, 2.75) is 26.9 Å². The Hall–Kier alpha value is -1.83. The highest BCUT2D eigenvalue weighted by Gasteiger charge is 2.01. The maximum atomic E-state index is 13.6. The van der Waals surface area contributed by atoms with Crippen LogP contribution in [0.4, 0.5) is 4.39 Å². The van der Waals surface area contributed by atoms with E-state index >= 15 is 0 Å². The van der Waals surface area contributed by atoms with Crippen LogP contribution in [0.3, 0.4) is 0 Å². The molecule has 0 atom stereocenters. The largest absolute Gasteiger partial charge is 0.497 e. The third kappa shape index (κ3) is 6.89. The second-order valence-electron chi connectivity index (χ2n) is 5.48. The van der Waals surface area contributed by atoms with E-state index in [0.29, 0.717) is 24.6 Å². The third-order valence-electron chi connectivity index (χ3n) is 3.62. The number of guanidine groups is 1. The Morgan fingerprint density at radius 3 is 2.36 bits per heavy atom. The fourth-order valence-corrected chi connectivity index (χ4v) is 2.18. The SMILES string of the molecule is CCNC(=NCc1ccc(C)c(F)c1)NCc1ccc(OC)cc1.I. The van der Waals surface area contributed by atoms with Gasteiger partial charge in [-0.25, -0.2) is 9.38 Å². The summed E-state index contributed by atoms with van der Waals surface area (Å²) in [7, 11) is 1.65. The Bertz CT molecular complexity index is 690. The summed E-state index contributed by atoms with van der Waals surface area (Å²) in [5.74, 6) is 1.34. The van der Waals surface area contributed by atoms with Gasteiger partial charge in [0, 0.05) is 13.1 Å². The van der Waals surface area contributed by atoms with E-state index in [0.717, 1.165) is 23.4 Å². The molecule has 2 aromatic rings. The predicted molar refractivity (Wildman–Crippen MR) is 111 cm³/mol. The lowest BCUT2D eigenvalue weighted by molar-refractivity contribution is 0.414. The lowest BCUT2D eigenvalue weighted by atomic mass is 10.1. The number of hydrogen-bond donors (Lipinski definition) is 2. The minimum atomic E-state index is -0.195. The molecule has 0 heterocycles. The van der Waals surface area contributed by atoms with Crippen LogP contribution >= 0.6 is 24.0 Å². The molecule has 0 spiro atoms. The van der Waals surface area contributed by atoms with E-state index in [9.17, 15) is 4.39 Å². The smallest absolute Gasteiger partial charge is 0.191 e. The first kappa shape index (κ1) is 21.2. The number of halogens is 2. The number of aryl methyl sites for hydroxylation is 1.